The van der Waals surface area contributed by atoms with Gasteiger partial charge in [-0.15, -0.1) is 0 Å². The first-order valence-corrected chi connectivity index (χ1v) is 6.23. The topological polar surface area (TPSA) is 41.3 Å². The summed E-state index contributed by atoms with van der Waals surface area (Å²) in [6.45, 7) is 5.11. The summed E-state index contributed by atoms with van der Waals surface area (Å²) >= 11 is 0. The van der Waals surface area contributed by atoms with Gasteiger partial charge in [0.25, 0.3) is 0 Å². The predicted molar refractivity (Wildman–Crippen MR) is 61.0 cm³/mol. The molecule has 3 rings (SSSR count). The Labute approximate surface area is 95.9 Å². The minimum atomic E-state index is -0.649. The normalized spacial score (nSPS) is 34.5. The van der Waals surface area contributed by atoms with Crippen molar-refractivity contribution in [3.63, 3.8) is 0 Å². The van der Waals surface area contributed by atoms with Crippen LogP contribution >= 0.6 is 0 Å². The Morgan fingerprint density at radius 3 is 3.19 bits per heavy atom. The van der Waals surface area contributed by atoms with Crippen LogP contribution in [-0.4, -0.2) is 38.9 Å². The van der Waals surface area contributed by atoms with E-state index in [1.54, 1.807) is 0 Å². The first-order valence-electron chi connectivity index (χ1n) is 6.23. The summed E-state index contributed by atoms with van der Waals surface area (Å²) in [7, 11) is 0. The molecule has 0 saturated carbocycles. The Balaban J connectivity index is 1.92. The molecule has 0 aliphatic carbocycles. The molecule has 0 aromatic carbocycles. The molecule has 2 aliphatic rings. The van der Waals surface area contributed by atoms with E-state index in [1.807, 2.05) is 17.1 Å². The van der Waals surface area contributed by atoms with Crippen LogP contribution < -0.4 is 0 Å². The fraction of sp³-hybridized carbons (Fsp3) is 0.750. The largest absolute Gasteiger partial charge is 0.383 e. The van der Waals surface area contributed by atoms with Crippen molar-refractivity contribution >= 4 is 0 Å². The van der Waals surface area contributed by atoms with Crippen molar-refractivity contribution in [2.75, 3.05) is 13.1 Å². The molecule has 2 unspecified atom stereocenters. The second-order valence-corrected chi connectivity index (χ2v) is 4.95. The van der Waals surface area contributed by atoms with E-state index in [1.165, 1.54) is 6.42 Å². The average Bonchev–Trinajstić information content (AvgIpc) is 2.96. The van der Waals surface area contributed by atoms with Crippen LogP contribution in [0, 0.1) is 0 Å². The smallest absolute Gasteiger partial charge is 0.109 e. The molecule has 4 heteroatoms. The highest BCUT2D eigenvalue weighted by Gasteiger charge is 2.49. The van der Waals surface area contributed by atoms with E-state index in [0.29, 0.717) is 6.04 Å². The van der Waals surface area contributed by atoms with Gasteiger partial charge in [-0.25, -0.2) is 0 Å². The van der Waals surface area contributed by atoms with Gasteiger partial charge in [-0.3, -0.25) is 9.58 Å². The van der Waals surface area contributed by atoms with Crippen LogP contribution in [0.15, 0.2) is 12.4 Å². The van der Waals surface area contributed by atoms with Crippen LogP contribution in [0.2, 0.25) is 0 Å². The summed E-state index contributed by atoms with van der Waals surface area (Å²) in [4.78, 5) is 2.42. The molecule has 2 atom stereocenters. The summed E-state index contributed by atoms with van der Waals surface area (Å²) in [5.74, 6) is 0. The second kappa shape index (κ2) is 3.57. The van der Waals surface area contributed by atoms with E-state index >= 15 is 0 Å². The number of nitrogens with zero attached hydrogens (tertiary/aromatic N) is 3. The first-order chi connectivity index (χ1) is 7.74. The molecule has 88 valence electrons. The second-order valence-electron chi connectivity index (χ2n) is 4.95. The lowest BCUT2D eigenvalue weighted by molar-refractivity contribution is 0.00930. The van der Waals surface area contributed by atoms with E-state index in [4.69, 9.17) is 0 Å². The fourth-order valence-electron chi connectivity index (χ4n) is 3.21. The van der Waals surface area contributed by atoms with Crippen LogP contribution in [0.25, 0.3) is 0 Å². The van der Waals surface area contributed by atoms with Gasteiger partial charge in [-0.1, -0.05) is 0 Å². The van der Waals surface area contributed by atoms with E-state index in [0.717, 1.165) is 38.0 Å². The van der Waals surface area contributed by atoms with Crippen molar-refractivity contribution < 1.29 is 5.11 Å². The molecule has 1 aromatic heterocycles. The van der Waals surface area contributed by atoms with Crippen LogP contribution in [0.5, 0.6) is 0 Å². The maximum Gasteiger partial charge on any atom is 0.109 e. The van der Waals surface area contributed by atoms with Gasteiger partial charge < -0.3 is 5.11 Å². The van der Waals surface area contributed by atoms with E-state index < -0.39 is 5.60 Å². The number of hydrogen-bond donors (Lipinski definition) is 1. The predicted octanol–water partition coefficient (Wildman–Crippen LogP) is 0.959. The van der Waals surface area contributed by atoms with Crippen molar-refractivity contribution in [1.29, 1.82) is 0 Å². The molecule has 1 aromatic rings. The summed E-state index contributed by atoms with van der Waals surface area (Å²) in [5.41, 5.74) is 0.355. The van der Waals surface area contributed by atoms with Gasteiger partial charge in [0.1, 0.15) is 5.60 Å². The SMILES string of the molecule is CCn1cc(C2(O)CCN3CCCC32)cn1. The standard InChI is InChI=1S/C12H19N3O/c1-2-15-9-10(8-13-15)12(16)5-7-14-6-3-4-11(12)14/h8-9,11,16H,2-7H2,1H3. The summed E-state index contributed by atoms with van der Waals surface area (Å²) in [5, 5.41) is 15.1. The van der Waals surface area contributed by atoms with Gasteiger partial charge in [-0.2, -0.15) is 5.10 Å². The molecule has 2 fully saturated rings. The Kier molecular flexibility index (Phi) is 2.30. The lowest BCUT2D eigenvalue weighted by atomic mass is 9.87. The zero-order valence-corrected chi connectivity index (χ0v) is 9.76. The maximum absolute atomic E-state index is 10.8. The molecule has 0 bridgehead atoms. The number of hydrogen-bond acceptors (Lipinski definition) is 3. The van der Waals surface area contributed by atoms with E-state index in [2.05, 4.69) is 16.9 Å². The lowest BCUT2D eigenvalue weighted by Crippen LogP contribution is -2.38. The van der Waals surface area contributed by atoms with Crippen LogP contribution in [0.4, 0.5) is 0 Å². The maximum atomic E-state index is 10.8. The van der Waals surface area contributed by atoms with Gasteiger partial charge in [0.2, 0.25) is 0 Å². The molecular weight excluding hydrogens is 202 g/mol. The zero-order chi connectivity index (χ0) is 11.2. The molecule has 16 heavy (non-hydrogen) atoms. The molecule has 1 N–H and O–H groups in total. The molecule has 3 heterocycles. The molecule has 2 saturated heterocycles. The van der Waals surface area contributed by atoms with Crippen molar-refractivity contribution in [2.45, 2.75) is 44.4 Å². The molecule has 4 nitrogen and oxygen atoms in total. The zero-order valence-electron chi connectivity index (χ0n) is 9.76. The van der Waals surface area contributed by atoms with Crippen molar-refractivity contribution in [1.82, 2.24) is 14.7 Å². The van der Waals surface area contributed by atoms with Gasteiger partial charge in [0.15, 0.2) is 0 Å². The highest BCUT2D eigenvalue weighted by molar-refractivity contribution is 5.22. The van der Waals surface area contributed by atoms with Crippen molar-refractivity contribution in [3.05, 3.63) is 18.0 Å². The lowest BCUT2D eigenvalue weighted by Gasteiger charge is -2.28. The summed E-state index contributed by atoms with van der Waals surface area (Å²) in [6, 6.07) is 0.321. The van der Waals surface area contributed by atoms with Crippen LogP contribution in [-0.2, 0) is 12.1 Å². The third-order valence-electron chi connectivity index (χ3n) is 4.15. The Morgan fingerprint density at radius 2 is 2.44 bits per heavy atom. The average molecular weight is 221 g/mol. The van der Waals surface area contributed by atoms with Crippen LogP contribution in [0.3, 0.4) is 0 Å². The van der Waals surface area contributed by atoms with Gasteiger partial charge in [-0.05, 0) is 32.7 Å². The number of aromatic nitrogens is 2. The summed E-state index contributed by atoms with van der Waals surface area (Å²) in [6.07, 6.45) is 7.03. The summed E-state index contributed by atoms with van der Waals surface area (Å²) < 4.78 is 1.89. The van der Waals surface area contributed by atoms with Crippen molar-refractivity contribution in [2.24, 2.45) is 0 Å². The number of aryl methyl sites for hydroxylation is 1. The third kappa shape index (κ3) is 1.33. The minimum absolute atomic E-state index is 0.321. The Hall–Kier alpha value is -0.870. The molecule has 2 aliphatic heterocycles. The minimum Gasteiger partial charge on any atom is -0.383 e. The fourth-order valence-corrected chi connectivity index (χ4v) is 3.21. The van der Waals surface area contributed by atoms with E-state index in [-0.39, 0.29) is 0 Å². The third-order valence-corrected chi connectivity index (χ3v) is 4.15. The first kappa shape index (κ1) is 10.3. The molecular formula is C12H19N3O. The van der Waals surface area contributed by atoms with Crippen LogP contribution in [0.1, 0.15) is 31.7 Å². The highest BCUT2D eigenvalue weighted by Crippen LogP contribution is 2.42. The number of fused-ring (bicyclic) bond motifs is 1. The number of rotatable bonds is 2. The quantitative estimate of drug-likeness (QED) is 0.808. The van der Waals surface area contributed by atoms with Gasteiger partial charge in [0, 0.05) is 30.9 Å². The monoisotopic (exact) mass is 221 g/mol. The molecule has 0 amide bonds. The van der Waals surface area contributed by atoms with Gasteiger partial charge >= 0.3 is 0 Å². The highest BCUT2D eigenvalue weighted by atomic mass is 16.3. The van der Waals surface area contributed by atoms with Gasteiger partial charge in [0.05, 0.1) is 6.20 Å². The van der Waals surface area contributed by atoms with Crippen molar-refractivity contribution in [3.8, 4) is 0 Å². The molecule has 0 radical (unpaired) electrons. The number of aliphatic hydroxyl groups is 1. The Morgan fingerprint density at radius 1 is 1.56 bits per heavy atom. The molecule has 0 spiro atoms. The Bertz CT molecular complexity index is 389. The van der Waals surface area contributed by atoms with E-state index in [9.17, 15) is 5.11 Å².